The molecule has 0 aromatic carbocycles. The third kappa shape index (κ3) is 3.61. The van der Waals surface area contributed by atoms with Crippen LogP contribution < -0.4 is 4.72 Å². The molecule has 2 rings (SSSR count). The lowest BCUT2D eigenvalue weighted by Gasteiger charge is -2.26. The molecule has 0 unspecified atom stereocenters. The van der Waals surface area contributed by atoms with Gasteiger partial charge >= 0.3 is 5.97 Å². The van der Waals surface area contributed by atoms with Gasteiger partial charge in [0.2, 0.25) is 10.0 Å². The van der Waals surface area contributed by atoms with Crippen molar-refractivity contribution in [2.24, 2.45) is 5.92 Å². The van der Waals surface area contributed by atoms with E-state index in [0.717, 1.165) is 0 Å². The van der Waals surface area contributed by atoms with Crippen molar-refractivity contribution in [2.45, 2.75) is 43.5 Å². The van der Waals surface area contributed by atoms with E-state index in [9.17, 15) is 13.2 Å². The molecule has 1 heterocycles. The van der Waals surface area contributed by atoms with E-state index in [1.165, 1.54) is 12.3 Å². The first-order valence-electron chi connectivity index (χ1n) is 6.95. The largest absolute Gasteiger partial charge is 0.481 e. The third-order valence-electron chi connectivity index (χ3n) is 3.89. The van der Waals surface area contributed by atoms with Crippen LogP contribution in [0.2, 0.25) is 0 Å². The molecule has 0 atom stereocenters. The third-order valence-corrected chi connectivity index (χ3v) is 5.38. The van der Waals surface area contributed by atoms with Crippen LogP contribution >= 0.6 is 0 Å². The first-order chi connectivity index (χ1) is 10.3. The molecule has 22 heavy (non-hydrogen) atoms. The van der Waals surface area contributed by atoms with Gasteiger partial charge in [0.15, 0.2) is 0 Å². The Kier molecular flexibility index (Phi) is 4.78. The molecule has 1 aliphatic rings. The Bertz CT molecular complexity index is 716. The zero-order valence-corrected chi connectivity index (χ0v) is 12.9. The van der Waals surface area contributed by atoms with Gasteiger partial charge in [0.1, 0.15) is 11.0 Å². The van der Waals surface area contributed by atoms with Crippen molar-refractivity contribution in [3.05, 3.63) is 23.5 Å². The van der Waals surface area contributed by atoms with Crippen molar-refractivity contribution in [3.8, 4) is 6.07 Å². The topological polar surface area (TPSA) is 120 Å². The molecule has 2 N–H and O–H groups in total. The van der Waals surface area contributed by atoms with Gasteiger partial charge in [-0.05, 0) is 38.7 Å². The van der Waals surface area contributed by atoms with E-state index in [2.05, 4.69) is 9.71 Å². The van der Waals surface area contributed by atoms with E-state index in [4.69, 9.17) is 10.4 Å². The van der Waals surface area contributed by atoms with Gasteiger partial charge in [-0.3, -0.25) is 9.78 Å². The summed E-state index contributed by atoms with van der Waals surface area (Å²) in [6.45, 7) is 1.63. The molecule has 1 aromatic rings. The van der Waals surface area contributed by atoms with Gasteiger partial charge in [-0.2, -0.15) is 5.26 Å². The van der Waals surface area contributed by atoms with Crippen LogP contribution in [-0.2, 0) is 14.8 Å². The Balaban J connectivity index is 2.09. The summed E-state index contributed by atoms with van der Waals surface area (Å²) in [5.74, 6) is -1.23. The number of pyridine rings is 1. The minimum absolute atomic E-state index is 0.0463. The van der Waals surface area contributed by atoms with Crippen LogP contribution in [0.3, 0.4) is 0 Å². The number of nitriles is 1. The zero-order chi connectivity index (χ0) is 16.3. The van der Waals surface area contributed by atoms with Gasteiger partial charge in [0.25, 0.3) is 0 Å². The number of aryl methyl sites for hydroxylation is 1. The number of carboxylic acid groups (broad SMARTS) is 1. The fourth-order valence-corrected chi connectivity index (χ4v) is 3.79. The maximum atomic E-state index is 12.3. The number of hydrogen-bond donors (Lipinski definition) is 2. The second-order valence-electron chi connectivity index (χ2n) is 5.42. The van der Waals surface area contributed by atoms with E-state index in [1.54, 1.807) is 6.92 Å². The average Bonchev–Trinajstić information content (AvgIpc) is 2.47. The molecule has 1 saturated carbocycles. The molecular formula is C14H17N3O4S. The number of carboxylic acids is 1. The molecule has 7 nitrogen and oxygen atoms in total. The second kappa shape index (κ2) is 6.42. The number of rotatable bonds is 4. The Morgan fingerprint density at radius 1 is 1.41 bits per heavy atom. The molecule has 8 heteroatoms. The van der Waals surface area contributed by atoms with Crippen LogP contribution in [0.15, 0.2) is 17.2 Å². The summed E-state index contributed by atoms with van der Waals surface area (Å²) >= 11 is 0. The fraction of sp³-hybridized carbons (Fsp3) is 0.500. The van der Waals surface area contributed by atoms with Gasteiger partial charge in [0.05, 0.1) is 17.2 Å². The fourth-order valence-electron chi connectivity index (χ4n) is 2.52. The highest BCUT2D eigenvalue weighted by molar-refractivity contribution is 7.89. The van der Waals surface area contributed by atoms with E-state index in [-0.39, 0.29) is 16.5 Å². The van der Waals surface area contributed by atoms with Crippen molar-refractivity contribution >= 4 is 16.0 Å². The lowest BCUT2D eigenvalue weighted by atomic mass is 9.87. The average molecular weight is 323 g/mol. The van der Waals surface area contributed by atoms with Crippen LogP contribution in [0.5, 0.6) is 0 Å². The van der Waals surface area contributed by atoms with E-state index in [0.29, 0.717) is 31.4 Å². The highest BCUT2D eigenvalue weighted by atomic mass is 32.2. The molecule has 0 bridgehead atoms. The quantitative estimate of drug-likeness (QED) is 0.858. The number of hydrogen-bond acceptors (Lipinski definition) is 5. The number of carbonyl (C=O) groups is 1. The van der Waals surface area contributed by atoms with Gasteiger partial charge in [-0.1, -0.05) is 0 Å². The molecule has 1 aliphatic carbocycles. The highest BCUT2D eigenvalue weighted by Gasteiger charge is 2.29. The molecular weight excluding hydrogens is 306 g/mol. The lowest BCUT2D eigenvalue weighted by Crippen LogP contribution is -2.38. The molecule has 0 radical (unpaired) electrons. The molecule has 1 fully saturated rings. The van der Waals surface area contributed by atoms with Crippen LogP contribution in [0.25, 0.3) is 0 Å². The minimum atomic E-state index is -3.76. The van der Waals surface area contributed by atoms with Crippen molar-refractivity contribution in [1.29, 1.82) is 5.26 Å². The number of nitrogens with zero attached hydrogens (tertiary/aromatic N) is 2. The predicted octanol–water partition coefficient (Wildman–Crippen LogP) is 1.18. The van der Waals surface area contributed by atoms with E-state index < -0.39 is 21.9 Å². The normalized spacial score (nSPS) is 22.0. The van der Waals surface area contributed by atoms with Crippen LogP contribution in [0.1, 0.15) is 36.9 Å². The van der Waals surface area contributed by atoms with E-state index in [1.807, 2.05) is 6.07 Å². The smallest absolute Gasteiger partial charge is 0.306 e. The standard InChI is InChI=1S/C14H17N3O4S/c1-9-11(7-15)6-13(8-16-9)22(20,21)17-12-4-2-10(3-5-12)14(18)19/h6,8,10,12,17H,2-5H2,1H3,(H,18,19). The Labute approximate surface area is 129 Å². The Morgan fingerprint density at radius 2 is 2.05 bits per heavy atom. The number of nitrogens with one attached hydrogen (secondary N) is 1. The predicted molar refractivity (Wildman–Crippen MR) is 77.4 cm³/mol. The molecule has 118 valence electrons. The summed E-state index contributed by atoms with van der Waals surface area (Å²) < 4.78 is 27.2. The summed E-state index contributed by atoms with van der Waals surface area (Å²) in [5, 5.41) is 17.9. The van der Waals surface area contributed by atoms with E-state index >= 15 is 0 Å². The molecule has 0 spiro atoms. The number of sulfonamides is 1. The van der Waals surface area contributed by atoms with Crippen molar-refractivity contribution in [3.63, 3.8) is 0 Å². The van der Waals surface area contributed by atoms with Gasteiger partial charge in [-0.25, -0.2) is 13.1 Å². The summed E-state index contributed by atoms with van der Waals surface area (Å²) in [4.78, 5) is 14.8. The Morgan fingerprint density at radius 3 is 2.59 bits per heavy atom. The van der Waals surface area contributed by atoms with Gasteiger partial charge in [0, 0.05) is 12.2 Å². The monoisotopic (exact) mass is 323 g/mol. The summed E-state index contributed by atoms with van der Waals surface area (Å²) in [6, 6.07) is 2.92. The summed E-state index contributed by atoms with van der Waals surface area (Å²) in [6.07, 6.45) is 3.11. The lowest BCUT2D eigenvalue weighted by molar-refractivity contribution is -0.142. The molecule has 0 saturated heterocycles. The molecule has 0 aliphatic heterocycles. The molecule has 0 amide bonds. The van der Waals surface area contributed by atoms with Crippen LogP contribution in [0, 0.1) is 24.2 Å². The SMILES string of the molecule is Cc1ncc(S(=O)(=O)NC2CCC(C(=O)O)CC2)cc1C#N. The summed E-state index contributed by atoms with van der Waals surface area (Å²) in [5.41, 5.74) is 0.695. The second-order valence-corrected chi connectivity index (χ2v) is 7.14. The molecule has 1 aromatic heterocycles. The number of aliphatic carboxylic acids is 1. The number of aromatic nitrogens is 1. The van der Waals surface area contributed by atoms with Crippen molar-refractivity contribution in [2.75, 3.05) is 0 Å². The first-order valence-corrected chi connectivity index (χ1v) is 8.43. The van der Waals surface area contributed by atoms with Gasteiger partial charge in [-0.15, -0.1) is 0 Å². The van der Waals surface area contributed by atoms with Crippen molar-refractivity contribution < 1.29 is 18.3 Å². The van der Waals surface area contributed by atoms with Crippen LogP contribution in [-0.4, -0.2) is 30.5 Å². The Hall–Kier alpha value is -1.98. The summed E-state index contributed by atoms with van der Waals surface area (Å²) in [7, 11) is -3.76. The first kappa shape index (κ1) is 16.4. The van der Waals surface area contributed by atoms with Crippen molar-refractivity contribution in [1.82, 2.24) is 9.71 Å². The minimum Gasteiger partial charge on any atom is -0.481 e. The maximum absolute atomic E-state index is 12.3. The maximum Gasteiger partial charge on any atom is 0.306 e. The van der Waals surface area contributed by atoms with Crippen LogP contribution in [0.4, 0.5) is 0 Å². The zero-order valence-electron chi connectivity index (χ0n) is 12.1. The van der Waals surface area contributed by atoms with Gasteiger partial charge < -0.3 is 5.11 Å². The highest BCUT2D eigenvalue weighted by Crippen LogP contribution is 2.25.